The first-order valence-electron chi connectivity index (χ1n) is 6.30. The lowest BCUT2D eigenvalue weighted by Gasteiger charge is -2.06. The fourth-order valence-corrected chi connectivity index (χ4v) is 2.36. The number of aromatic amines is 1. The molecular weight excluding hydrogens is 220 g/mol. The van der Waals surface area contributed by atoms with Gasteiger partial charge in [0.25, 0.3) is 0 Å². The van der Waals surface area contributed by atoms with Crippen LogP contribution < -0.4 is 0 Å². The van der Waals surface area contributed by atoms with Crippen molar-refractivity contribution in [3.05, 3.63) is 54.1 Å². The lowest BCUT2D eigenvalue weighted by Crippen LogP contribution is -1.88. The van der Waals surface area contributed by atoms with E-state index < -0.39 is 0 Å². The van der Waals surface area contributed by atoms with Crippen LogP contribution in [0, 0.1) is 0 Å². The van der Waals surface area contributed by atoms with Crippen LogP contribution in [0.4, 0.5) is 0 Å². The van der Waals surface area contributed by atoms with E-state index in [1.807, 2.05) is 18.2 Å². The first kappa shape index (κ1) is 11.0. The zero-order valence-corrected chi connectivity index (χ0v) is 10.6. The highest BCUT2D eigenvalue weighted by molar-refractivity contribution is 5.94. The molecule has 0 spiro atoms. The maximum Gasteiger partial charge on any atom is 0.0999 e. The SMILES string of the molecule is CC(C)c1cccc2c(-c3ccccc3)n[nH]c12. The van der Waals surface area contributed by atoms with Crippen molar-refractivity contribution in [3.63, 3.8) is 0 Å². The third-order valence-electron chi connectivity index (χ3n) is 3.30. The van der Waals surface area contributed by atoms with Gasteiger partial charge in [-0.2, -0.15) is 5.10 Å². The summed E-state index contributed by atoms with van der Waals surface area (Å²) < 4.78 is 0. The number of rotatable bonds is 2. The van der Waals surface area contributed by atoms with Crippen LogP contribution in [-0.4, -0.2) is 10.2 Å². The molecule has 0 fully saturated rings. The Balaban J connectivity index is 2.25. The number of nitrogens with zero attached hydrogens (tertiary/aromatic N) is 1. The van der Waals surface area contributed by atoms with E-state index in [1.165, 1.54) is 10.9 Å². The van der Waals surface area contributed by atoms with E-state index in [2.05, 4.69) is 54.4 Å². The van der Waals surface area contributed by atoms with Crippen LogP contribution in [0.15, 0.2) is 48.5 Å². The number of H-pyrrole nitrogens is 1. The summed E-state index contributed by atoms with van der Waals surface area (Å²) in [6.07, 6.45) is 0. The molecule has 18 heavy (non-hydrogen) atoms. The second kappa shape index (κ2) is 4.30. The Hall–Kier alpha value is -2.09. The molecule has 0 bridgehead atoms. The number of benzene rings is 2. The average Bonchev–Trinajstić information content (AvgIpc) is 2.83. The smallest absolute Gasteiger partial charge is 0.0999 e. The van der Waals surface area contributed by atoms with Gasteiger partial charge in [-0.05, 0) is 11.5 Å². The van der Waals surface area contributed by atoms with Crippen molar-refractivity contribution < 1.29 is 0 Å². The Kier molecular flexibility index (Phi) is 2.63. The molecule has 0 aliphatic rings. The van der Waals surface area contributed by atoms with Crippen molar-refractivity contribution in [2.75, 3.05) is 0 Å². The van der Waals surface area contributed by atoms with Gasteiger partial charge >= 0.3 is 0 Å². The molecule has 0 aliphatic heterocycles. The van der Waals surface area contributed by atoms with E-state index in [-0.39, 0.29) is 0 Å². The summed E-state index contributed by atoms with van der Waals surface area (Å²) >= 11 is 0. The van der Waals surface area contributed by atoms with Crippen LogP contribution >= 0.6 is 0 Å². The average molecular weight is 236 g/mol. The molecule has 90 valence electrons. The predicted octanol–water partition coefficient (Wildman–Crippen LogP) is 4.35. The van der Waals surface area contributed by atoms with Gasteiger partial charge in [0.1, 0.15) is 0 Å². The fraction of sp³-hybridized carbons (Fsp3) is 0.188. The highest BCUT2D eigenvalue weighted by atomic mass is 15.1. The van der Waals surface area contributed by atoms with E-state index in [9.17, 15) is 0 Å². The largest absolute Gasteiger partial charge is 0.277 e. The number of nitrogens with one attached hydrogen (secondary N) is 1. The summed E-state index contributed by atoms with van der Waals surface area (Å²) in [6.45, 7) is 4.41. The minimum absolute atomic E-state index is 0.498. The maximum absolute atomic E-state index is 4.48. The molecule has 1 heterocycles. The lowest BCUT2D eigenvalue weighted by molar-refractivity contribution is 0.871. The topological polar surface area (TPSA) is 28.7 Å². The summed E-state index contributed by atoms with van der Waals surface area (Å²) in [5.41, 5.74) is 4.67. The molecule has 2 nitrogen and oxygen atoms in total. The minimum atomic E-state index is 0.498. The molecule has 0 saturated carbocycles. The Morgan fingerprint density at radius 1 is 0.944 bits per heavy atom. The van der Waals surface area contributed by atoms with E-state index in [0.29, 0.717) is 5.92 Å². The number of fused-ring (bicyclic) bond motifs is 1. The molecule has 2 heteroatoms. The second-order valence-corrected chi connectivity index (χ2v) is 4.86. The van der Waals surface area contributed by atoms with Gasteiger partial charge in [0.2, 0.25) is 0 Å². The van der Waals surface area contributed by atoms with Crippen molar-refractivity contribution in [2.24, 2.45) is 0 Å². The normalized spacial score (nSPS) is 11.3. The second-order valence-electron chi connectivity index (χ2n) is 4.86. The predicted molar refractivity (Wildman–Crippen MR) is 75.6 cm³/mol. The molecule has 0 unspecified atom stereocenters. The molecule has 0 radical (unpaired) electrons. The zero-order valence-electron chi connectivity index (χ0n) is 10.6. The highest BCUT2D eigenvalue weighted by Gasteiger charge is 2.11. The summed E-state index contributed by atoms with van der Waals surface area (Å²) in [6, 6.07) is 16.7. The Labute approximate surface area is 107 Å². The van der Waals surface area contributed by atoms with Gasteiger partial charge in [-0.15, -0.1) is 0 Å². The van der Waals surface area contributed by atoms with Crippen LogP contribution in [0.1, 0.15) is 25.3 Å². The number of hydrogen-bond acceptors (Lipinski definition) is 1. The first-order valence-corrected chi connectivity index (χ1v) is 6.30. The third kappa shape index (κ3) is 1.70. The van der Waals surface area contributed by atoms with Crippen molar-refractivity contribution in [1.29, 1.82) is 0 Å². The molecule has 2 aromatic carbocycles. The summed E-state index contributed by atoms with van der Waals surface area (Å²) in [5.74, 6) is 0.498. The monoisotopic (exact) mass is 236 g/mol. The summed E-state index contributed by atoms with van der Waals surface area (Å²) in [5, 5.41) is 8.87. The van der Waals surface area contributed by atoms with Gasteiger partial charge in [0.15, 0.2) is 0 Å². The van der Waals surface area contributed by atoms with Gasteiger partial charge < -0.3 is 0 Å². The van der Waals surface area contributed by atoms with E-state index in [4.69, 9.17) is 0 Å². The highest BCUT2D eigenvalue weighted by Crippen LogP contribution is 2.30. The van der Waals surface area contributed by atoms with Crippen LogP contribution in [0.5, 0.6) is 0 Å². The fourth-order valence-electron chi connectivity index (χ4n) is 2.36. The Bertz CT molecular complexity index is 666. The van der Waals surface area contributed by atoms with Crippen molar-refractivity contribution in [1.82, 2.24) is 10.2 Å². The molecule has 0 amide bonds. The summed E-state index contributed by atoms with van der Waals surface area (Å²) in [4.78, 5) is 0. The van der Waals surface area contributed by atoms with Crippen LogP contribution in [-0.2, 0) is 0 Å². The number of hydrogen-bond donors (Lipinski definition) is 1. The molecule has 1 aromatic heterocycles. The summed E-state index contributed by atoms with van der Waals surface area (Å²) in [7, 11) is 0. The number of para-hydroxylation sites is 1. The van der Waals surface area contributed by atoms with Gasteiger partial charge in [-0.25, -0.2) is 0 Å². The molecule has 0 atom stereocenters. The van der Waals surface area contributed by atoms with Crippen molar-refractivity contribution in [2.45, 2.75) is 19.8 Å². The standard InChI is InChI=1S/C16H16N2/c1-11(2)13-9-6-10-14-15(17-18-16(13)14)12-7-4-3-5-8-12/h3-11H,1-2H3,(H,17,18). The molecule has 1 N–H and O–H groups in total. The molecule has 0 aliphatic carbocycles. The van der Waals surface area contributed by atoms with Crippen LogP contribution in [0.2, 0.25) is 0 Å². The van der Waals surface area contributed by atoms with E-state index >= 15 is 0 Å². The Morgan fingerprint density at radius 2 is 1.72 bits per heavy atom. The lowest BCUT2D eigenvalue weighted by atomic mass is 9.99. The van der Waals surface area contributed by atoms with Gasteiger partial charge in [0, 0.05) is 10.9 Å². The van der Waals surface area contributed by atoms with Crippen molar-refractivity contribution >= 4 is 10.9 Å². The minimum Gasteiger partial charge on any atom is -0.277 e. The van der Waals surface area contributed by atoms with Crippen molar-refractivity contribution in [3.8, 4) is 11.3 Å². The van der Waals surface area contributed by atoms with E-state index in [0.717, 1.165) is 16.8 Å². The Morgan fingerprint density at radius 3 is 2.44 bits per heavy atom. The third-order valence-corrected chi connectivity index (χ3v) is 3.30. The first-order chi connectivity index (χ1) is 8.77. The molecule has 3 aromatic rings. The van der Waals surface area contributed by atoms with Crippen LogP contribution in [0.3, 0.4) is 0 Å². The molecular formula is C16H16N2. The van der Waals surface area contributed by atoms with Gasteiger partial charge in [0.05, 0.1) is 11.2 Å². The zero-order chi connectivity index (χ0) is 12.5. The number of aromatic nitrogens is 2. The molecule has 0 saturated heterocycles. The van der Waals surface area contributed by atoms with Crippen LogP contribution in [0.25, 0.3) is 22.2 Å². The quantitative estimate of drug-likeness (QED) is 0.704. The van der Waals surface area contributed by atoms with Gasteiger partial charge in [-0.3, -0.25) is 5.10 Å². The molecule has 3 rings (SSSR count). The maximum atomic E-state index is 4.48. The van der Waals surface area contributed by atoms with E-state index in [1.54, 1.807) is 0 Å². The van der Waals surface area contributed by atoms with Gasteiger partial charge in [-0.1, -0.05) is 62.4 Å².